The normalized spacial score (nSPS) is 8.42. The van der Waals surface area contributed by atoms with Crippen molar-refractivity contribution < 1.29 is 15.1 Å². The molecule has 0 bridgehead atoms. The highest BCUT2D eigenvalue weighted by Gasteiger charge is 2.02. The third kappa shape index (κ3) is 2.71. The number of aldehydes is 1. The van der Waals surface area contributed by atoms with Crippen LogP contribution in [0, 0.1) is 3.57 Å². The largest absolute Gasteiger partial charge is 0.412 e. The summed E-state index contributed by atoms with van der Waals surface area (Å²) in [6.07, 6.45) is 0.325. The second kappa shape index (κ2) is 5.00. The van der Waals surface area contributed by atoms with Gasteiger partial charge in [-0.05, 0) is 34.7 Å². The van der Waals surface area contributed by atoms with E-state index in [0.717, 1.165) is 3.57 Å². The standard InChI is InChI=1S/C8H5IO2.H2O/c9-7-3-1-2-6(4-7)8(11)5-10;/h1-5H;1H2. The van der Waals surface area contributed by atoms with Crippen molar-refractivity contribution in [2.45, 2.75) is 0 Å². The summed E-state index contributed by atoms with van der Waals surface area (Å²) in [6, 6.07) is 6.91. The Morgan fingerprint density at radius 1 is 1.42 bits per heavy atom. The highest BCUT2D eigenvalue weighted by molar-refractivity contribution is 14.1. The SMILES string of the molecule is O.O=CC(=O)c1cccc(I)c1. The van der Waals surface area contributed by atoms with Crippen molar-refractivity contribution >= 4 is 34.7 Å². The molecule has 0 unspecified atom stereocenters. The lowest BCUT2D eigenvalue weighted by Gasteiger charge is -1.92. The molecule has 4 heteroatoms. The molecule has 0 amide bonds. The Hall–Kier alpha value is -0.750. The summed E-state index contributed by atoms with van der Waals surface area (Å²) in [5.74, 6) is -0.469. The van der Waals surface area contributed by atoms with Crippen LogP contribution in [-0.4, -0.2) is 17.5 Å². The number of halogens is 1. The zero-order valence-electron chi connectivity index (χ0n) is 6.08. The lowest BCUT2D eigenvalue weighted by Crippen LogP contribution is -1.99. The fourth-order valence-corrected chi connectivity index (χ4v) is 1.25. The molecule has 64 valence electrons. The molecule has 12 heavy (non-hydrogen) atoms. The molecule has 2 N–H and O–H groups in total. The topological polar surface area (TPSA) is 65.6 Å². The zero-order chi connectivity index (χ0) is 8.27. The molecule has 1 aromatic rings. The molecule has 0 heterocycles. The Bertz CT molecular complexity index is 296. The molecule has 0 spiro atoms. The van der Waals surface area contributed by atoms with Gasteiger partial charge in [-0.3, -0.25) is 9.59 Å². The number of rotatable bonds is 2. The molecular weight excluding hydrogens is 271 g/mol. The average molecular weight is 278 g/mol. The van der Waals surface area contributed by atoms with Crippen molar-refractivity contribution in [3.8, 4) is 0 Å². The minimum absolute atomic E-state index is 0. The molecule has 0 saturated carbocycles. The van der Waals surface area contributed by atoms with Gasteiger partial charge in [-0.1, -0.05) is 12.1 Å². The van der Waals surface area contributed by atoms with Crippen LogP contribution < -0.4 is 0 Å². The van der Waals surface area contributed by atoms with Crippen molar-refractivity contribution in [1.29, 1.82) is 0 Å². The molecule has 0 radical (unpaired) electrons. The van der Waals surface area contributed by atoms with Crippen LogP contribution in [0.5, 0.6) is 0 Å². The van der Waals surface area contributed by atoms with Crippen LogP contribution >= 0.6 is 22.6 Å². The highest BCUT2D eigenvalue weighted by atomic mass is 127. The summed E-state index contributed by atoms with van der Waals surface area (Å²) in [7, 11) is 0. The van der Waals surface area contributed by atoms with Crippen molar-refractivity contribution in [2.75, 3.05) is 0 Å². The Morgan fingerprint density at radius 3 is 2.58 bits per heavy atom. The Morgan fingerprint density at radius 2 is 2.08 bits per heavy atom. The van der Waals surface area contributed by atoms with E-state index in [1.165, 1.54) is 0 Å². The van der Waals surface area contributed by atoms with Crippen LogP contribution in [0.25, 0.3) is 0 Å². The van der Waals surface area contributed by atoms with E-state index in [-0.39, 0.29) is 5.48 Å². The lowest BCUT2D eigenvalue weighted by atomic mass is 10.1. The number of hydrogen-bond donors (Lipinski definition) is 0. The number of ketones is 1. The van der Waals surface area contributed by atoms with E-state index in [9.17, 15) is 9.59 Å². The van der Waals surface area contributed by atoms with Gasteiger partial charge in [0.1, 0.15) is 0 Å². The summed E-state index contributed by atoms with van der Waals surface area (Å²) >= 11 is 2.09. The van der Waals surface area contributed by atoms with Gasteiger partial charge in [-0.25, -0.2) is 0 Å². The Balaban J connectivity index is 0.00000121. The van der Waals surface area contributed by atoms with Crippen molar-refractivity contribution in [3.05, 3.63) is 33.4 Å². The van der Waals surface area contributed by atoms with E-state index in [4.69, 9.17) is 0 Å². The van der Waals surface area contributed by atoms with Gasteiger partial charge in [0.15, 0.2) is 6.29 Å². The van der Waals surface area contributed by atoms with E-state index in [1.807, 2.05) is 6.07 Å². The number of hydrogen-bond acceptors (Lipinski definition) is 2. The average Bonchev–Trinajstić information content (AvgIpc) is 2.03. The predicted octanol–water partition coefficient (Wildman–Crippen LogP) is 0.848. The van der Waals surface area contributed by atoms with Crippen molar-refractivity contribution in [3.63, 3.8) is 0 Å². The summed E-state index contributed by atoms with van der Waals surface area (Å²) in [4.78, 5) is 20.9. The van der Waals surface area contributed by atoms with Crippen LogP contribution in [0.4, 0.5) is 0 Å². The van der Waals surface area contributed by atoms with E-state index < -0.39 is 5.78 Å². The number of Topliss-reactive ketones (excluding diaryl/α,β-unsaturated/α-hetero) is 1. The maximum atomic E-state index is 10.8. The summed E-state index contributed by atoms with van der Waals surface area (Å²) < 4.78 is 0.954. The van der Waals surface area contributed by atoms with Gasteiger partial charge in [-0.2, -0.15) is 0 Å². The molecule has 0 fully saturated rings. The van der Waals surface area contributed by atoms with Crippen LogP contribution in [0.3, 0.4) is 0 Å². The summed E-state index contributed by atoms with van der Waals surface area (Å²) in [5, 5.41) is 0. The molecule has 0 aliphatic carbocycles. The first-order valence-corrected chi connectivity index (χ1v) is 4.07. The third-order valence-corrected chi connectivity index (χ3v) is 1.89. The van der Waals surface area contributed by atoms with Gasteiger partial charge in [-0.15, -0.1) is 0 Å². The van der Waals surface area contributed by atoms with Crippen LogP contribution in [0.2, 0.25) is 0 Å². The minimum atomic E-state index is -0.469. The molecule has 3 nitrogen and oxygen atoms in total. The first-order valence-electron chi connectivity index (χ1n) is 2.99. The fourth-order valence-electron chi connectivity index (χ4n) is 0.710. The Labute approximate surface area is 83.2 Å². The second-order valence-electron chi connectivity index (χ2n) is 1.99. The molecule has 1 aromatic carbocycles. The summed E-state index contributed by atoms with van der Waals surface area (Å²) in [5.41, 5.74) is 0.451. The highest BCUT2D eigenvalue weighted by Crippen LogP contribution is 2.07. The van der Waals surface area contributed by atoms with Crippen molar-refractivity contribution in [1.82, 2.24) is 0 Å². The van der Waals surface area contributed by atoms with Crippen LogP contribution in [-0.2, 0) is 4.79 Å². The van der Waals surface area contributed by atoms with Crippen LogP contribution in [0.1, 0.15) is 10.4 Å². The number of carbonyl (C=O) groups excluding carboxylic acids is 2. The van der Waals surface area contributed by atoms with Gasteiger partial charge < -0.3 is 5.48 Å². The quantitative estimate of drug-likeness (QED) is 0.348. The number of carbonyl (C=O) groups is 2. The van der Waals surface area contributed by atoms with Gasteiger partial charge in [0.2, 0.25) is 5.78 Å². The first-order chi connectivity index (χ1) is 5.24. The maximum Gasteiger partial charge on any atom is 0.225 e. The van der Waals surface area contributed by atoms with E-state index in [2.05, 4.69) is 22.6 Å². The monoisotopic (exact) mass is 278 g/mol. The number of benzene rings is 1. The molecular formula is C8H7IO3. The first kappa shape index (κ1) is 11.2. The zero-order valence-corrected chi connectivity index (χ0v) is 8.24. The Kier molecular flexibility index (Phi) is 4.68. The van der Waals surface area contributed by atoms with Gasteiger partial charge in [0.25, 0.3) is 0 Å². The smallest absolute Gasteiger partial charge is 0.225 e. The van der Waals surface area contributed by atoms with Crippen LogP contribution in [0.15, 0.2) is 24.3 Å². The maximum absolute atomic E-state index is 10.8. The predicted molar refractivity (Wildman–Crippen MR) is 53.2 cm³/mol. The molecule has 0 aromatic heterocycles. The molecule has 0 atom stereocenters. The summed E-state index contributed by atoms with van der Waals surface area (Å²) in [6.45, 7) is 0. The second-order valence-corrected chi connectivity index (χ2v) is 3.24. The van der Waals surface area contributed by atoms with Gasteiger partial charge in [0.05, 0.1) is 0 Å². The fraction of sp³-hybridized carbons (Fsp3) is 0. The van der Waals surface area contributed by atoms with E-state index >= 15 is 0 Å². The molecule has 0 aliphatic rings. The molecule has 0 saturated heterocycles. The van der Waals surface area contributed by atoms with E-state index in [0.29, 0.717) is 11.8 Å². The third-order valence-electron chi connectivity index (χ3n) is 1.22. The van der Waals surface area contributed by atoms with Crippen molar-refractivity contribution in [2.24, 2.45) is 0 Å². The molecule has 1 rings (SSSR count). The lowest BCUT2D eigenvalue weighted by molar-refractivity contribution is -0.104. The van der Waals surface area contributed by atoms with E-state index in [1.54, 1.807) is 18.2 Å². The van der Waals surface area contributed by atoms with Gasteiger partial charge in [0, 0.05) is 9.13 Å². The molecule has 0 aliphatic heterocycles. The minimum Gasteiger partial charge on any atom is -0.412 e. The van der Waals surface area contributed by atoms with Gasteiger partial charge >= 0.3 is 0 Å².